The molecule has 4 rings (SSSR count). The minimum absolute atomic E-state index is 0.0145. The zero-order valence-electron chi connectivity index (χ0n) is 19.7. The summed E-state index contributed by atoms with van der Waals surface area (Å²) in [6, 6.07) is 20.9. The molecule has 0 saturated carbocycles. The highest BCUT2D eigenvalue weighted by Crippen LogP contribution is 2.27. The summed E-state index contributed by atoms with van der Waals surface area (Å²) >= 11 is 1.49. The highest BCUT2D eigenvalue weighted by atomic mass is 32.2. The number of nitrogens with one attached hydrogen (secondary N) is 2. The van der Waals surface area contributed by atoms with Gasteiger partial charge in [0.1, 0.15) is 5.75 Å². The molecule has 1 aromatic heterocycles. The number of thioether (sulfide) groups is 1. The number of non-ortho nitro benzene ring substituents is 1. The molecule has 11 heteroatoms. The van der Waals surface area contributed by atoms with Gasteiger partial charge in [-0.3, -0.25) is 14.7 Å². The number of benzene rings is 3. The normalized spacial score (nSPS) is 10.6. The molecule has 3 aromatic carbocycles. The summed E-state index contributed by atoms with van der Waals surface area (Å²) in [7, 11) is 1.57. The first kappa shape index (κ1) is 24.7. The van der Waals surface area contributed by atoms with Crippen LogP contribution in [0.3, 0.4) is 0 Å². The van der Waals surface area contributed by atoms with E-state index in [-0.39, 0.29) is 12.2 Å². The van der Waals surface area contributed by atoms with E-state index in [1.54, 1.807) is 48.1 Å². The molecule has 184 valence electrons. The summed E-state index contributed by atoms with van der Waals surface area (Å²) in [5, 5.41) is 25.9. The minimum atomic E-state index is -0.449. The maximum atomic E-state index is 12.5. The van der Waals surface area contributed by atoms with Crippen LogP contribution in [-0.2, 0) is 12.3 Å². The molecule has 2 amide bonds. The van der Waals surface area contributed by atoms with Crippen LogP contribution in [0.15, 0.2) is 78.0 Å². The van der Waals surface area contributed by atoms with Crippen molar-refractivity contribution in [1.82, 2.24) is 20.1 Å². The largest absolute Gasteiger partial charge is 0.497 e. The number of methoxy groups -OCH3 is 1. The van der Waals surface area contributed by atoms with E-state index in [0.29, 0.717) is 33.9 Å². The van der Waals surface area contributed by atoms with Crippen LogP contribution in [0.4, 0.5) is 16.2 Å². The Balaban J connectivity index is 1.52. The van der Waals surface area contributed by atoms with Crippen molar-refractivity contribution in [2.45, 2.75) is 24.4 Å². The van der Waals surface area contributed by atoms with Crippen molar-refractivity contribution in [3.63, 3.8) is 0 Å². The highest BCUT2D eigenvalue weighted by Gasteiger charge is 2.17. The molecule has 0 bridgehead atoms. The number of rotatable bonds is 9. The average Bonchev–Trinajstić information content (AvgIpc) is 3.29. The molecule has 0 saturated heterocycles. The Kier molecular flexibility index (Phi) is 7.81. The maximum absolute atomic E-state index is 12.5. The van der Waals surface area contributed by atoms with E-state index in [1.807, 2.05) is 25.1 Å². The number of hydrogen-bond acceptors (Lipinski definition) is 7. The number of carbonyl (C=O) groups is 1. The first-order chi connectivity index (χ1) is 17.4. The average molecular weight is 505 g/mol. The molecule has 0 aliphatic heterocycles. The van der Waals surface area contributed by atoms with Crippen molar-refractivity contribution in [3.05, 3.63) is 99.9 Å². The molecule has 4 aromatic rings. The van der Waals surface area contributed by atoms with Gasteiger partial charge in [0.15, 0.2) is 11.0 Å². The van der Waals surface area contributed by atoms with Gasteiger partial charge >= 0.3 is 6.03 Å². The Morgan fingerprint density at radius 3 is 2.50 bits per heavy atom. The van der Waals surface area contributed by atoms with Crippen molar-refractivity contribution in [1.29, 1.82) is 0 Å². The van der Waals surface area contributed by atoms with Gasteiger partial charge in [0.25, 0.3) is 5.69 Å². The zero-order chi connectivity index (χ0) is 25.5. The summed E-state index contributed by atoms with van der Waals surface area (Å²) < 4.78 is 6.92. The van der Waals surface area contributed by atoms with E-state index in [2.05, 4.69) is 26.9 Å². The Bertz CT molecular complexity index is 1360. The molecule has 2 N–H and O–H groups in total. The van der Waals surface area contributed by atoms with Gasteiger partial charge in [-0.1, -0.05) is 41.6 Å². The fourth-order valence-corrected chi connectivity index (χ4v) is 4.36. The molecule has 0 aliphatic rings. The molecule has 1 heterocycles. The number of amides is 2. The molecule has 36 heavy (non-hydrogen) atoms. The van der Waals surface area contributed by atoms with Gasteiger partial charge in [-0.2, -0.15) is 0 Å². The van der Waals surface area contributed by atoms with E-state index in [0.717, 1.165) is 11.1 Å². The van der Waals surface area contributed by atoms with Crippen LogP contribution in [0.25, 0.3) is 5.69 Å². The van der Waals surface area contributed by atoms with Gasteiger partial charge in [-0.25, -0.2) is 4.79 Å². The zero-order valence-corrected chi connectivity index (χ0v) is 20.5. The standard InChI is InChI=1S/C25H24N6O4S/c1-17-4-3-5-18(14-17)16-36-25-29-28-23(30(25)20-8-10-21(11-9-20)31(33)34)15-26-24(32)27-19-6-12-22(35-2)13-7-19/h3-14H,15-16H2,1-2H3,(H2,26,27,32). The molecule has 0 aliphatic carbocycles. The number of aromatic nitrogens is 3. The lowest BCUT2D eigenvalue weighted by Crippen LogP contribution is -2.29. The predicted octanol–water partition coefficient (Wildman–Crippen LogP) is 5.11. The second-order valence-corrected chi connectivity index (χ2v) is 8.76. The lowest BCUT2D eigenvalue weighted by atomic mass is 10.2. The number of carbonyl (C=O) groups excluding carboxylic acids is 1. The monoisotopic (exact) mass is 504 g/mol. The number of nitro benzene ring substituents is 1. The molecule has 0 radical (unpaired) electrons. The Morgan fingerprint density at radius 1 is 1.08 bits per heavy atom. The fourth-order valence-electron chi connectivity index (χ4n) is 3.45. The molecular formula is C25H24N6O4S. The van der Waals surface area contributed by atoms with Gasteiger partial charge in [-0.05, 0) is 48.9 Å². The molecule has 0 atom stereocenters. The number of urea groups is 1. The second-order valence-electron chi connectivity index (χ2n) is 7.82. The third-order valence-electron chi connectivity index (χ3n) is 5.22. The van der Waals surface area contributed by atoms with Crippen LogP contribution in [0, 0.1) is 17.0 Å². The number of aryl methyl sites for hydroxylation is 1. The van der Waals surface area contributed by atoms with E-state index in [4.69, 9.17) is 4.74 Å². The predicted molar refractivity (Wildman–Crippen MR) is 138 cm³/mol. The first-order valence-electron chi connectivity index (χ1n) is 11.0. The van der Waals surface area contributed by atoms with E-state index < -0.39 is 11.0 Å². The van der Waals surface area contributed by atoms with Crippen LogP contribution in [0.2, 0.25) is 0 Å². The molecule has 0 unspecified atom stereocenters. The number of ether oxygens (including phenoxy) is 1. The summed E-state index contributed by atoms with van der Waals surface area (Å²) in [6.45, 7) is 2.13. The molecule has 0 fully saturated rings. The quantitative estimate of drug-likeness (QED) is 0.184. The Labute approximate surface area is 211 Å². The van der Waals surface area contributed by atoms with Gasteiger partial charge in [0, 0.05) is 29.3 Å². The van der Waals surface area contributed by atoms with E-state index in [9.17, 15) is 14.9 Å². The van der Waals surface area contributed by atoms with Crippen molar-refractivity contribution in [3.8, 4) is 11.4 Å². The number of nitro groups is 1. The third kappa shape index (κ3) is 6.19. The smallest absolute Gasteiger partial charge is 0.319 e. The van der Waals surface area contributed by atoms with Crippen LogP contribution in [0.5, 0.6) is 5.75 Å². The van der Waals surface area contributed by atoms with Crippen LogP contribution in [-0.4, -0.2) is 32.8 Å². The fraction of sp³-hybridized carbons (Fsp3) is 0.160. The number of anilines is 1. The van der Waals surface area contributed by atoms with Gasteiger partial charge in [-0.15, -0.1) is 10.2 Å². The van der Waals surface area contributed by atoms with E-state index in [1.165, 1.54) is 23.9 Å². The molecular weight excluding hydrogens is 480 g/mol. The highest BCUT2D eigenvalue weighted by molar-refractivity contribution is 7.98. The van der Waals surface area contributed by atoms with Gasteiger partial charge < -0.3 is 15.4 Å². The summed E-state index contributed by atoms with van der Waals surface area (Å²) in [5.74, 6) is 1.84. The maximum Gasteiger partial charge on any atom is 0.319 e. The van der Waals surface area contributed by atoms with Crippen LogP contribution in [0.1, 0.15) is 17.0 Å². The lowest BCUT2D eigenvalue weighted by Gasteiger charge is -2.12. The van der Waals surface area contributed by atoms with Crippen LogP contribution >= 0.6 is 11.8 Å². The molecule has 0 spiro atoms. The topological polar surface area (TPSA) is 124 Å². The lowest BCUT2D eigenvalue weighted by molar-refractivity contribution is -0.384. The number of nitrogens with zero attached hydrogens (tertiary/aromatic N) is 4. The second kappa shape index (κ2) is 11.4. The minimum Gasteiger partial charge on any atom is -0.497 e. The van der Waals surface area contributed by atoms with E-state index >= 15 is 0 Å². The first-order valence-corrected chi connectivity index (χ1v) is 12.0. The van der Waals surface area contributed by atoms with Crippen molar-refractivity contribution < 1.29 is 14.5 Å². The summed E-state index contributed by atoms with van der Waals surface area (Å²) in [5.41, 5.74) is 3.55. The summed E-state index contributed by atoms with van der Waals surface area (Å²) in [6.07, 6.45) is 0. The Hall–Kier alpha value is -4.38. The van der Waals surface area contributed by atoms with Crippen molar-refractivity contribution in [2.24, 2.45) is 0 Å². The van der Waals surface area contributed by atoms with Gasteiger partial charge in [0.05, 0.1) is 18.6 Å². The Morgan fingerprint density at radius 2 is 1.83 bits per heavy atom. The number of hydrogen-bond donors (Lipinski definition) is 2. The molecule has 10 nitrogen and oxygen atoms in total. The third-order valence-corrected chi connectivity index (χ3v) is 6.22. The van der Waals surface area contributed by atoms with Crippen molar-refractivity contribution in [2.75, 3.05) is 12.4 Å². The van der Waals surface area contributed by atoms with Gasteiger partial charge in [0.2, 0.25) is 0 Å². The summed E-state index contributed by atoms with van der Waals surface area (Å²) in [4.78, 5) is 23.1. The van der Waals surface area contributed by atoms with Crippen LogP contribution < -0.4 is 15.4 Å². The SMILES string of the molecule is COc1ccc(NC(=O)NCc2nnc(SCc3cccc(C)c3)n2-c2ccc([N+](=O)[O-])cc2)cc1. The van der Waals surface area contributed by atoms with Crippen molar-refractivity contribution >= 4 is 29.2 Å².